The van der Waals surface area contributed by atoms with Gasteiger partial charge in [-0.1, -0.05) is 30.3 Å². The molecule has 1 N–H and O–H groups in total. The minimum atomic E-state index is -0.699. The van der Waals surface area contributed by atoms with E-state index in [-0.39, 0.29) is 25.9 Å². The molecular weight excluding hydrogens is 314 g/mol. The summed E-state index contributed by atoms with van der Waals surface area (Å²) in [7, 11) is 0. The van der Waals surface area contributed by atoms with E-state index in [9.17, 15) is 14.4 Å². The van der Waals surface area contributed by atoms with Crippen molar-refractivity contribution in [2.24, 2.45) is 0 Å². The molecule has 0 aromatic heterocycles. The first kappa shape index (κ1) is 19.2. The maximum atomic E-state index is 11.4. The van der Waals surface area contributed by atoms with E-state index in [1.54, 1.807) is 13.8 Å². The predicted octanol–water partition coefficient (Wildman–Crippen LogP) is 1.96. The Morgan fingerprint density at radius 3 is 2.38 bits per heavy atom. The van der Waals surface area contributed by atoms with Crippen molar-refractivity contribution in [3.8, 4) is 0 Å². The topological polar surface area (TPSA) is 90.9 Å². The van der Waals surface area contributed by atoms with Crippen molar-refractivity contribution < 1.29 is 28.6 Å². The summed E-state index contributed by atoms with van der Waals surface area (Å²) in [5, 5.41) is 2.45. The fourth-order valence-corrected chi connectivity index (χ4v) is 1.53. The number of nitrogens with one attached hydrogen (secondary N) is 1. The summed E-state index contributed by atoms with van der Waals surface area (Å²) in [5.41, 5.74) is 0.873. The van der Waals surface area contributed by atoms with E-state index in [0.29, 0.717) is 0 Å². The maximum Gasteiger partial charge on any atom is 0.407 e. The summed E-state index contributed by atoms with van der Waals surface area (Å²) in [4.78, 5) is 33.9. The number of benzene rings is 1. The van der Waals surface area contributed by atoms with E-state index in [0.717, 1.165) is 17.7 Å². The van der Waals surface area contributed by atoms with Crippen LogP contribution >= 0.6 is 0 Å². The molecule has 0 fully saturated rings. The van der Waals surface area contributed by atoms with Crippen molar-refractivity contribution in [1.29, 1.82) is 0 Å². The third kappa shape index (κ3) is 9.24. The quantitative estimate of drug-likeness (QED) is 0.338. The molecule has 0 aliphatic heterocycles. The number of ether oxygens (including phenoxy) is 3. The summed E-state index contributed by atoms with van der Waals surface area (Å²) >= 11 is 0. The lowest BCUT2D eigenvalue weighted by Crippen LogP contribution is -2.28. The second-order valence-electron chi connectivity index (χ2n) is 4.97. The standard InChI is InChI=1S/C17H21NO6/c1-13(2)24-16(20)9-8-15(19)22-11-10-18-17(21)23-12-14-6-4-3-5-7-14/h3-9,13H,10-12H2,1-2H3,(H,18,21)/b9-8+. The molecule has 0 radical (unpaired) electrons. The van der Waals surface area contributed by atoms with Crippen LogP contribution in [0.1, 0.15) is 19.4 Å². The minimum Gasteiger partial charge on any atom is -0.461 e. The highest BCUT2D eigenvalue weighted by Crippen LogP contribution is 2.00. The third-order valence-electron chi connectivity index (χ3n) is 2.54. The molecule has 0 atom stereocenters. The Morgan fingerprint density at radius 1 is 1.04 bits per heavy atom. The predicted molar refractivity (Wildman–Crippen MR) is 86.0 cm³/mol. The van der Waals surface area contributed by atoms with Crippen LogP contribution in [-0.4, -0.2) is 37.3 Å². The van der Waals surface area contributed by atoms with Crippen LogP contribution in [0, 0.1) is 0 Å². The molecule has 0 aliphatic carbocycles. The smallest absolute Gasteiger partial charge is 0.407 e. The van der Waals surface area contributed by atoms with Gasteiger partial charge in [0.25, 0.3) is 0 Å². The van der Waals surface area contributed by atoms with E-state index in [2.05, 4.69) is 5.32 Å². The van der Waals surface area contributed by atoms with Crippen LogP contribution in [0.2, 0.25) is 0 Å². The zero-order valence-corrected chi connectivity index (χ0v) is 13.7. The van der Waals surface area contributed by atoms with Gasteiger partial charge in [-0.25, -0.2) is 14.4 Å². The number of rotatable bonds is 8. The first-order valence-corrected chi connectivity index (χ1v) is 7.47. The van der Waals surface area contributed by atoms with Crippen molar-refractivity contribution in [2.75, 3.05) is 13.2 Å². The highest BCUT2D eigenvalue weighted by molar-refractivity contribution is 5.91. The Balaban J connectivity index is 2.12. The lowest BCUT2D eigenvalue weighted by molar-refractivity contribution is -0.142. The van der Waals surface area contributed by atoms with Gasteiger partial charge in [-0.2, -0.15) is 0 Å². The molecule has 1 aromatic rings. The molecule has 0 bridgehead atoms. The fraction of sp³-hybridized carbons (Fsp3) is 0.353. The van der Waals surface area contributed by atoms with Crippen molar-refractivity contribution in [1.82, 2.24) is 5.32 Å². The van der Waals surface area contributed by atoms with E-state index in [1.807, 2.05) is 30.3 Å². The third-order valence-corrected chi connectivity index (χ3v) is 2.54. The average molecular weight is 335 g/mol. The molecule has 130 valence electrons. The van der Waals surface area contributed by atoms with E-state index >= 15 is 0 Å². The summed E-state index contributed by atoms with van der Waals surface area (Å²) in [6, 6.07) is 9.24. The summed E-state index contributed by atoms with van der Waals surface area (Å²) in [5.74, 6) is -1.32. The van der Waals surface area contributed by atoms with Crippen molar-refractivity contribution >= 4 is 18.0 Å². The molecule has 1 amide bonds. The molecule has 0 spiro atoms. The average Bonchev–Trinajstić information content (AvgIpc) is 2.55. The largest absolute Gasteiger partial charge is 0.461 e. The maximum absolute atomic E-state index is 11.4. The molecule has 1 rings (SSSR count). The van der Waals surface area contributed by atoms with Crippen LogP contribution in [0.5, 0.6) is 0 Å². The van der Waals surface area contributed by atoms with Gasteiger partial charge in [-0.15, -0.1) is 0 Å². The van der Waals surface area contributed by atoms with Crippen LogP contribution in [0.4, 0.5) is 4.79 Å². The number of carbonyl (C=O) groups is 3. The number of carbonyl (C=O) groups excluding carboxylic acids is 3. The molecule has 0 saturated carbocycles. The lowest BCUT2D eigenvalue weighted by Gasteiger charge is -2.07. The first-order chi connectivity index (χ1) is 11.5. The summed E-state index contributed by atoms with van der Waals surface area (Å²) < 4.78 is 14.6. The van der Waals surface area contributed by atoms with Crippen LogP contribution in [0.3, 0.4) is 0 Å². The van der Waals surface area contributed by atoms with Gasteiger partial charge in [-0.3, -0.25) is 0 Å². The Labute approximate surface area is 140 Å². The Morgan fingerprint density at radius 2 is 1.71 bits per heavy atom. The van der Waals surface area contributed by atoms with Gasteiger partial charge in [0.05, 0.1) is 12.6 Å². The molecule has 7 heteroatoms. The van der Waals surface area contributed by atoms with Gasteiger partial charge in [0.1, 0.15) is 13.2 Å². The lowest BCUT2D eigenvalue weighted by atomic mass is 10.2. The number of hydrogen-bond acceptors (Lipinski definition) is 6. The van der Waals surface area contributed by atoms with E-state index in [4.69, 9.17) is 14.2 Å². The zero-order valence-electron chi connectivity index (χ0n) is 13.7. The van der Waals surface area contributed by atoms with Gasteiger partial charge < -0.3 is 19.5 Å². The van der Waals surface area contributed by atoms with Gasteiger partial charge in [-0.05, 0) is 19.4 Å². The minimum absolute atomic E-state index is 0.0389. The highest BCUT2D eigenvalue weighted by Gasteiger charge is 2.04. The zero-order chi connectivity index (χ0) is 17.8. The van der Waals surface area contributed by atoms with Gasteiger partial charge >= 0.3 is 18.0 Å². The fourth-order valence-electron chi connectivity index (χ4n) is 1.53. The SMILES string of the molecule is CC(C)OC(=O)/C=C/C(=O)OCCNC(=O)OCc1ccccc1. The Hall–Kier alpha value is -2.83. The molecule has 0 heterocycles. The molecule has 0 aliphatic rings. The van der Waals surface area contributed by atoms with Crippen molar-refractivity contribution in [3.63, 3.8) is 0 Å². The van der Waals surface area contributed by atoms with Crippen molar-refractivity contribution in [2.45, 2.75) is 26.6 Å². The molecular formula is C17H21NO6. The number of alkyl carbamates (subject to hydrolysis) is 1. The summed E-state index contributed by atoms with van der Waals surface area (Å²) in [6.07, 6.45) is 1.10. The second kappa shape index (κ2) is 10.8. The Kier molecular flexibility index (Phi) is 8.67. The summed E-state index contributed by atoms with van der Waals surface area (Å²) in [6.45, 7) is 3.62. The number of esters is 2. The molecule has 24 heavy (non-hydrogen) atoms. The highest BCUT2D eigenvalue weighted by atomic mass is 16.6. The molecule has 1 aromatic carbocycles. The number of amides is 1. The van der Waals surface area contributed by atoms with E-state index in [1.165, 1.54) is 0 Å². The number of hydrogen-bond donors (Lipinski definition) is 1. The van der Waals surface area contributed by atoms with Crippen LogP contribution in [-0.2, 0) is 30.4 Å². The van der Waals surface area contributed by atoms with E-state index < -0.39 is 18.0 Å². The Bertz CT molecular complexity index is 568. The van der Waals surface area contributed by atoms with Gasteiger partial charge in [0, 0.05) is 12.2 Å². The molecule has 0 unspecified atom stereocenters. The van der Waals surface area contributed by atoms with Crippen LogP contribution < -0.4 is 5.32 Å². The van der Waals surface area contributed by atoms with Gasteiger partial charge in [0.15, 0.2) is 0 Å². The second-order valence-corrected chi connectivity index (χ2v) is 4.97. The monoisotopic (exact) mass is 335 g/mol. The van der Waals surface area contributed by atoms with Crippen molar-refractivity contribution in [3.05, 3.63) is 48.0 Å². The van der Waals surface area contributed by atoms with Crippen LogP contribution in [0.25, 0.3) is 0 Å². The molecule has 7 nitrogen and oxygen atoms in total. The molecule has 0 saturated heterocycles. The first-order valence-electron chi connectivity index (χ1n) is 7.47. The normalized spacial score (nSPS) is 10.5. The van der Waals surface area contributed by atoms with Crippen LogP contribution in [0.15, 0.2) is 42.5 Å². The van der Waals surface area contributed by atoms with Gasteiger partial charge in [0.2, 0.25) is 0 Å².